The van der Waals surface area contributed by atoms with Crippen LogP contribution in [-0.2, 0) is 6.54 Å². The van der Waals surface area contributed by atoms with Crippen molar-refractivity contribution in [1.82, 2.24) is 10.3 Å². The van der Waals surface area contributed by atoms with Gasteiger partial charge in [-0.1, -0.05) is 46.4 Å². The van der Waals surface area contributed by atoms with Gasteiger partial charge in [0.15, 0.2) is 5.15 Å². The van der Waals surface area contributed by atoms with Gasteiger partial charge in [-0.3, -0.25) is 0 Å². The lowest BCUT2D eigenvalue weighted by atomic mass is 10.3. The summed E-state index contributed by atoms with van der Waals surface area (Å²) in [6.45, 7) is 1.65. The summed E-state index contributed by atoms with van der Waals surface area (Å²) >= 11 is 23.4. The van der Waals surface area contributed by atoms with Crippen molar-refractivity contribution in [2.75, 3.05) is 13.1 Å². The molecule has 84 valence electrons. The molecule has 0 unspecified atom stereocenters. The molecule has 0 saturated heterocycles. The average molecular weight is 289 g/mol. The summed E-state index contributed by atoms with van der Waals surface area (Å²) in [4.78, 5) is 3.86. The largest absolute Gasteiger partial charge is 0.329 e. The molecule has 1 aromatic rings. The maximum absolute atomic E-state index is 5.97. The predicted molar refractivity (Wildman–Crippen MR) is 65.0 cm³/mol. The van der Waals surface area contributed by atoms with Gasteiger partial charge in [0.25, 0.3) is 0 Å². The van der Waals surface area contributed by atoms with Crippen molar-refractivity contribution in [3.63, 3.8) is 0 Å². The van der Waals surface area contributed by atoms with Crippen molar-refractivity contribution in [2.45, 2.75) is 6.54 Å². The van der Waals surface area contributed by atoms with Gasteiger partial charge in [0.1, 0.15) is 5.15 Å². The van der Waals surface area contributed by atoms with E-state index >= 15 is 0 Å². The van der Waals surface area contributed by atoms with Gasteiger partial charge in [-0.05, 0) is 0 Å². The highest BCUT2D eigenvalue weighted by atomic mass is 35.5. The minimum atomic E-state index is 0.106. The second kappa shape index (κ2) is 6.09. The molecule has 0 aliphatic carbocycles. The molecule has 0 bridgehead atoms. The number of nitrogens with zero attached hydrogens (tertiary/aromatic N) is 1. The van der Waals surface area contributed by atoms with Crippen molar-refractivity contribution in [3.05, 3.63) is 25.9 Å². The van der Waals surface area contributed by atoms with E-state index in [4.69, 9.17) is 52.1 Å². The minimum Gasteiger partial charge on any atom is -0.329 e. The van der Waals surface area contributed by atoms with E-state index in [1.165, 1.54) is 0 Å². The molecule has 0 amide bonds. The van der Waals surface area contributed by atoms with Gasteiger partial charge in [0, 0.05) is 25.2 Å². The van der Waals surface area contributed by atoms with Gasteiger partial charge in [-0.25, -0.2) is 4.98 Å². The second-order valence-electron chi connectivity index (χ2n) is 2.77. The summed E-state index contributed by atoms with van der Waals surface area (Å²) < 4.78 is 0. The van der Waals surface area contributed by atoms with Gasteiger partial charge >= 0.3 is 0 Å². The highest BCUT2D eigenvalue weighted by Crippen LogP contribution is 2.34. The van der Waals surface area contributed by atoms with Crippen LogP contribution in [0, 0.1) is 0 Å². The molecule has 15 heavy (non-hydrogen) atoms. The standard InChI is InChI=1S/C8H9Cl4N3/c9-5-4(3-14-2-1-13)7(11)15-8(12)6(5)10/h14H,1-3,13H2. The Bertz CT molecular complexity index is 356. The molecule has 7 heteroatoms. The maximum atomic E-state index is 5.97. The summed E-state index contributed by atoms with van der Waals surface area (Å²) in [5.74, 6) is 0. The van der Waals surface area contributed by atoms with Gasteiger partial charge in [0.05, 0.1) is 10.0 Å². The van der Waals surface area contributed by atoms with Crippen LogP contribution in [0.2, 0.25) is 20.4 Å². The lowest BCUT2D eigenvalue weighted by Gasteiger charge is -2.09. The van der Waals surface area contributed by atoms with Crippen molar-refractivity contribution in [3.8, 4) is 0 Å². The fourth-order valence-corrected chi connectivity index (χ4v) is 1.95. The van der Waals surface area contributed by atoms with Gasteiger partial charge in [-0.2, -0.15) is 0 Å². The third-order valence-electron chi connectivity index (χ3n) is 1.71. The number of aromatic nitrogens is 1. The Morgan fingerprint density at radius 1 is 1.07 bits per heavy atom. The predicted octanol–water partition coefficient (Wildman–Crippen LogP) is 2.74. The highest BCUT2D eigenvalue weighted by Gasteiger charge is 2.14. The monoisotopic (exact) mass is 287 g/mol. The zero-order valence-corrected chi connectivity index (χ0v) is 10.7. The normalized spacial score (nSPS) is 10.7. The van der Waals surface area contributed by atoms with Crippen molar-refractivity contribution < 1.29 is 0 Å². The number of hydrogen-bond acceptors (Lipinski definition) is 3. The SMILES string of the molecule is NCCNCc1c(Cl)nc(Cl)c(Cl)c1Cl. The molecule has 0 fully saturated rings. The Morgan fingerprint density at radius 2 is 1.73 bits per heavy atom. The Labute approximate surface area is 108 Å². The molecule has 0 aromatic carbocycles. The molecule has 1 aromatic heterocycles. The minimum absolute atomic E-state index is 0.106. The van der Waals surface area contributed by atoms with Crippen LogP contribution < -0.4 is 11.1 Å². The van der Waals surface area contributed by atoms with E-state index in [2.05, 4.69) is 10.3 Å². The second-order valence-corrected chi connectivity index (χ2v) is 4.24. The average Bonchev–Trinajstić information content (AvgIpc) is 2.20. The van der Waals surface area contributed by atoms with Crippen LogP contribution in [0.5, 0.6) is 0 Å². The first-order valence-corrected chi connectivity index (χ1v) is 5.68. The van der Waals surface area contributed by atoms with Crippen LogP contribution in [0.4, 0.5) is 0 Å². The fourth-order valence-electron chi connectivity index (χ4n) is 0.982. The van der Waals surface area contributed by atoms with Crippen LogP contribution in [0.1, 0.15) is 5.56 Å². The molecule has 0 atom stereocenters. The number of nitrogens with two attached hydrogens (primary N) is 1. The van der Waals surface area contributed by atoms with E-state index in [-0.39, 0.29) is 15.3 Å². The molecule has 1 heterocycles. The smallest absolute Gasteiger partial charge is 0.150 e. The van der Waals surface area contributed by atoms with Crippen molar-refractivity contribution >= 4 is 46.4 Å². The van der Waals surface area contributed by atoms with Gasteiger partial charge in [-0.15, -0.1) is 0 Å². The van der Waals surface area contributed by atoms with E-state index in [0.29, 0.717) is 30.2 Å². The molecule has 0 saturated carbocycles. The van der Waals surface area contributed by atoms with E-state index in [1.54, 1.807) is 0 Å². The molecule has 1 rings (SSSR count). The fraction of sp³-hybridized carbons (Fsp3) is 0.375. The number of nitrogens with one attached hydrogen (secondary N) is 1. The molecular weight excluding hydrogens is 280 g/mol. The zero-order chi connectivity index (χ0) is 11.4. The Morgan fingerprint density at radius 3 is 2.33 bits per heavy atom. The third-order valence-corrected chi connectivity index (χ3v) is 3.27. The van der Waals surface area contributed by atoms with E-state index in [9.17, 15) is 0 Å². The molecule has 0 aliphatic heterocycles. The van der Waals surface area contributed by atoms with E-state index < -0.39 is 0 Å². The number of halogens is 4. The topological polar surface area (TPSA) is 50.9 Å². The lowest BCUT2D eigenvalue weighted by Crippen LogP contribution is -2.22. The summed E-state index contributed by atoms with van der Waals surface area (Å²) in [5, 5.41) is 3.94. The number of rotatable bonds is 4. The molecule has 3 N–H and O–H groups in total. The Balaban J connectivity index is 2.92. The first-order valence-electron chi connectivity index (χ1n) is 4.17. The van der Waals surface area contributed by atoms with Gasteiger partial charge < -0.3 is 11.1 Å². The Hall–Kier alpha value is 0.230. The number of pyridine rings is 1. The Kier molecular flexibility index (Phi) is 5.39. The quantitative estimate of drug-likeness (QED) is 0.662. The van der Waals surface area contributed by atoms with Gasteiger partial charge in [0.2, 0.25) is 0 Å². The van der Waals surface area contributed by atoms with E-state index in [1.807, 2.05) is 0 Å². The van der Waals surface area contributed by atoms with Crippen LogP contribution in [-0.4, -0.2) is 18.1 Å². The first kappa shape index (κ1) is 13.3. The summed E-state index contributed by atoms with van der Waals surface area (Å²) in [6.07, 6.45) is 0. The summed E-state index contributed by atoms with van der Waals surface area (Å²) in [6, 6.07) is 0. The molecule has 0 aliphatic rings. The third kappa shape index (κ3) is 3.34. The van der Waals surface area contributed by atoms with Crippen LogP contribution >= 0.6 is 46.4 Å². The van der Waals surface area contributed by atoms with Crippen molar-refractivity contribution in [2.24, 2.45) is 5.73 Å². The molecular formula is C8H9Cl4N3. The van der Waals surface area contributed by atoms with Crippen molar-refractivity contribution in [1.29, 1.82) is 0 Å². The lowest BCUT2D eigenvalue weighted by molar-refractivity contribution is 0.693. The molecule has 0 spiro atoms. The van der Waals surface area contributed by atoms with E-state index in [0.717, 1.165) is 0 Å². The zero-order valence-electron chi connectivity index (χ0n) is 7.66. The van der Waals surface area contributed by atoms with Crippen LogP contribution in [0.15, 0.2) is 0 Å². The van der Waals surface area contributed by atoms with Crippen LogP contribution in [0.25, 0.3) is 0 Å². The summed E-state index contributed by atoms with van der Waals surface area (Å²) in [5.41, 5.74) is 5.96. The molecule has 0 radical (unpaired) electrons. The van der Waals surface area contributed by atoms with Crippen LogP contribution in [0.3, 0.4) is 0 Å². The highest BCUT2D eigenvalue weighted by molar-refractivity contribution is 6.48. The maximum Gasteiger partial charge on any atom is 0.150 e. The first-order chi connectivity index (χ1) is 7.07. The molecule has 3 nitrogen and oxygen atoms in total. The number of hydrogen-bond donors (Lipinski definition) is 2. The summed E-state index contributed by atoms with van der Waals surface area (Å²) in [7, 11) is 0.